The summed E-state index contributed by atoms with van der Waals surface area (Å²) in [5.41, 5.74) is 1.08. The van der Waals surface area contributed by atoms with Gasteiger partial charge in [0.1, 0.15) is 6.29 Å². The van der Waals surface area contributed by atoms with Gasteiger partial charge in [-0.2, -0.15) is 0 Å². The number of aldehydes is 1. The van der Waals surface area contributed by atoms with Gasteiger partial charge in [-0.15, -0.1) is 0 Å². The van der Waals surface area contributed by atoms with Gasteiger partial charge in [-0.1, -0.05) is 37.3 Å². The molecule has 0 fully saturated rings. The predicted molar refractivity (Wildman–Crippen MR) is 64.6 cm³/mol. The van der Waals surface area contributed by atoms with Gasteiger partial charge in [0.25, 0.3) is 0 Å². The fourth-order valence-corrected chi connectivity index (χ4v) is 1.72. The first-order chi connectivity index (χ1) is 8.17. The maximum absolute atomic E-state index is 10.9. The van der Waals surface area contributed by atoms with Crippen LogP contribution in [0, 0.1) is 0 Å². The number of carboxylic acid groups (broad SMARTS) is 1. The molecule has 92 valence electrons. The minimum Gasteiger partial charge on any atom is -0.481 e. The van der Waals surface area contributed by atoms with Crippen LogP contribution in [-0.4, -0.2) is 34.8 Å². The second-order valence-corrected chi connectivity index (χ2v) is 3.85. The van der Waals surface area contributed by atoms with E-state index in [2.05, 4.69) is 0 Å². The molecule has 4 nitrogen and oxygen atoms in total. The molecule has 0 saturated carbocycles. The third-order valence-electron chi connectivity index (χ3n) is 2.64. The summed E-state index contributed by atoms with van der Waals surface area (Å²) in [6.07, 6.45) is 0.560. The molecule has 1 N–H and O–H groups in total. The number of carbonyl (C=O) groups excluding carboxylic acids is 1. The summed E-state index contributed by atoms with van der Waals surface area (Å²) in [7, 11) is 0. The molecule has 1 unspecified atom stereocenters. The molecule has 0 aliphatic rings. The number of benzene rings is 1. The van der Waals surface area contributed by atoms with Gasteiger partial charge in [0.05, 0.1) is 12.5 Å². The van der Waals surface area contributed by atoms with Crippen LogP contribution in [0.25, 0.3) is 0 Å². The number of hydrogen-bond acceptors (Lipinski definition) is 3. The largest absolute Gasteiger partial charge is 0.481 e. The van der Waals surface area contributed by atoms with Gasteiger partial charge in [-0.25, -0.2) is 0 Å². The molecule has 0 aliphatic carbocycles. The molecule has 0 bridgehead atoms. The number of aliphatic carboxylic acids is 1. The zero-order chi connectivity index (χ0) is 12.7. The molecule has 0 radical (unpaired) electrons. The summed E-state index contributed by atoms with van der Waals surface area (Å²) in [6.45, 7) is 3.15. The van der Waals surface area contributed by atoms with Gasteiger partial charge in [0.15, 0.2) is 0 Å². The van der Waals surface area contributed by atoms with Gasteiger partial charge < -0.3 is 9.90 Å². The summed E-state index contributed by atoms with van der Waals surface area (Å²) < 4.78 is 0. The molecule has 0 heterocycles. The van der Waals surface area contributed by atoms with Crippen LogP contribution < -0.4 is 0 Å². The van der Waals surface area contributed by atoms with E-state index in [1.54, 1.807) is 0 Å². The second kappa shape index (κ2) is 6.81. The SMILES string of the molecule is CCN(Cc1ccccc1)C(C=O)CC(=O)O. The number of carboxylic acids is 1. The quantitative estimate of drug-likeness (QED) is 0.728. The third kappa shape index (κ3) is 4.36. The van der Waals surface area contributed by atoms with Crippen molar-refractivity contribution in [3.63, 3.8) is 0 Å². The van der Waals surface area contributed by atoms with E-state index in [9.17, 15) is 9.59 Å². The number of carbonyl (C=O) groups is 2. The highest BCUT2D eigenvalue weighted by Crippen LogP contribution is 2.09. The van der Waals surface area contributed by atoms with Crippen LogP contribution in [0.5, 0.6) is 0 Å². The highest BCUT2D eigenvalue weighted by Gasteiger charge is 2.19. The Morgan fingerprint density at radius 3 is 2.53 bits per heavy atom. The lowest BCUT2D eigenvalue weighted by Crippen LogP contribution is -2.37. The highest BCUT2D eigenvalue weighted by molar-refractivity contribution is 5.73. The van der Waals surface area contributed by atoms with Crippen molar-refractivity contribution in [2.24, 2.45) is 0 Å². The molecular weight excluding hydrogens is 218 g/mol. The number of likely N-dealkylation sites (N-methyl/N-ethyl adjacent to an activating group) is 1. The van der Waals surface area contributed by atoms with Gasteiger partial charge in [0, 0.05) is 6.54 Å². The molecule has 0 aliphatic heterocycles. The van der Waals surface area contributed by atoms with Crippen molar-refractivity contribution in [2.75, 3.05) is 6.54 Å². The molecule has 1 rings (SSSR count). The van der Waals surface area contributed by atoms with Gasteiger partial charge in [-0.05, 0) is 12.1 Å². The van der Waals surface area contributed by atoms with E-state index in [0.29, 0.717) is 19.4 Å². The Morgan fingerprint density at radius 2 is 2.06 bits per heavy atom. The van der Waals surface area contributed by atoms with Gasteiger partial charge in [0.2, 0.25) is 0 Å². The van der Waals surface area contributed by atoms with Crippen molar-refractivity contribution in [1.29, 1.82) is 0 Å². The van der Waals surface area contributed by atoms with E-state index in [1.807, 2.05) is 42.2 Å². The van der Waals surface area contributed by atoms with Crippen molar-refractivity contribution in [3.8, 4) is 0 Å². The van der Waals surface area contributed by atoms with Crippen LogP contribution in [-0.2, 0) is 16.1 Å². The first-order valence-electron chi connectivity index (χ1n) is 5.62. The van der Waals surface area contributed by atoms with Crippen molar-refractivity contribution >= 4 is 12.3 Å². The molecule has 4 heteroatoms. The third-order valence-corrected chi connectivity index (χ3v) is 2.64. The molecule has 17 heavy (non-hydrogen) atoms. The summed E-state index contributed by atoms with van der Waals surface area (Å²) in [5.74, 6) is -0.950. The summed E-state index contributed by atoms with van der Waals surface area (Å²) in [4.78, 5) is 23.4. The Hall–Kier alpha value is -1.68. The summed E-state index contributed by atoms with van der Waals surface area (Å²) in [5, 5.41) is 8.74. The lowest BCUT2D eigenvalue weighted by Gasteiger charge is -2.25. The zero-order valence-electron chi connectivity index (χ0n) is 9.87. The first-order valence-corrected chi connectivity index (χ1v) is 5.62. The van der Waals surface area contributed by atoms with Gasteiger partial charge >= 0.3 is 5.97 Å². The summed E-state index contributed by atoms with van der Waals surface area (Å²) >= 11 is 0. The molecule has 0 amide bonds. The van der Waals surface area contributed by atoms with Crippen molar-refractivity contribution in [1.82, 2.24) is 4.90 Å². The molecule has 0 spiro atoms. The van der Waals surface area contributed by atoms with Crippen molar-refractivity contribution < 1.29 is 14.7 Å². The summed E-state index contributed by atoms with van der Waals surface area (Å²) in [6, 6.07) is 9.15. The van der Waals surface area contributed by atoms with Crippen LogP contribution in [0.4, 0.5) is 0 Å². The molecule has 0 saturated heterocycles. The van der Waals surface area contributed by atoms with Crippen LogP contribution in [0.2, 0.25) is 0 Å². The van der Waals surface area contributed by atoms with Crippen LogP contribution in [0.3, 0.4) is 0 Å². The van der Waals surface area contributed by atoms with E-state index in [1.165, 1.54) is 0 Å². The normalized spacial score (nSPS) is 12.4. The van der Waals surface area contributed by atoms with Crippen molar-refractivity contribution in [2.45, 2.75) is 25.9 Å². The smallest absolute Gasteiger partial charge is 0.305 e. The average Bonchev–Trinajstić information content (AvgIpc) is 2.34. The van der Waals surface area contributed by atoms with Crippen LogP contribution in [0.1, 0.15) is 18.9 Å². The maximum Gasteiger partial charge on any atom is 0.305 e. The van der Waals surface area contributed by atoms with Crippen LogP contribution >= 0.6 is 0 Å². The Bertz CT molecular complexity index is 364. The molecular formula is C13H17NO3. The predicted octanol–water partition coefficient (Wildman–Crippen LogP) is 1.55. The second-order valence-electron chi connectivity index (χ2n) is 3.85. The monoisotopic (exact) mass is 235 g/mol. The first kappa shape index (κ1) is 13.4. The van der Waals surface area contributed by atoms with E-state index in [-0.39, 0.29) is 6.42 Å². The standard InChI is InChI=1S/C13H17NO3/c1-2-14(12(10-15)8-13(16)17)9-11-6-4-3-5-7-11/h3-7,10,12H,2,8-9H2,1H3,(H,16,17). The molecule has 1 atom stereocenters. The van der Waals surface area contributed by atoms with E-state index >= 15 is 0 Å². The Balaban J connectivity index is 2.69. The maximum atomic E-state index is 10.9. The topological polar surface area (TPSA) is 57.6 Å². The average molecular weight is 235 g/mol. The Labute approximate surface area is 101 Å². The molecule has 1 aromatic carbocycles. The lowest BCUT2D eigenvalue weighted by atomic mass is 10.1. The number of nitrogens with zero attached hydrogens (tertiary/aromatic N) is 1. The van der Waals surface area contributed by atoms with Gasteiger partial charge in [-0.3, -0.25) is 9.69 Å². The van der Waals surface area contributed by atoms with Crippen molar-refractivity contribution in [3.05, 3.63) is 35.9 Å². The van der Waals surface area contributed by atoms with E-state index < -0.39 is 12.0 Å². The zero-order valence-corrected chi connectivity index (χ0v) is 9.87. The number of hydrogen-bond donors (Lipinski definition) is 1. The molecule has 1 aromatic rings. The highest BCUT2D eigenvalue weighted by atomic mass is 16.4. The van der Waals surface area contributed by atoms with E-state index in [4.69, 9.17) is 5.11 Å². The van der Waals surface area contributed by atoms with E-state index in [0.717, 1.165) is 5.56 Å². The molecule has 0 aromatic heterocycles. The fraction of sp³-hybridized carbons (Fsp3) is 0.385. The minimum absolute atomic E-state index is 0.149. The Kier molecular flexibility index (Phi) is 5.36. The lowest BCUT2D eigenvalue weighted by molar-refractivity contribution is -0.139. The Morgan fingerprint density at radius 1 is 1.41 bits per heavy atom. The minimum atomic E-state index is -0.950. The number of rotatable bonds is 7. The van der Waals surface area contributed by atoms with Crippen LogP contribution in [0.15, 0.2) is 30.3 Å². The fourth-order valence-electron chi connectivity index (χ4n) is 1.72.